The molecule has 0 radical (unpaired) electrons. The van der Waals surface area contributed by atoms with Crippen molar-refractivity contribution in [2.75, 3.05) is 39.8 Å². The number of likely N-dealkylation sites (tertiary alicyclic amines) is 2. The lowest BCUT2D eigenvalue weighted by Gasteiger charge is -2.43. The number of carbonyl (C=O) groups is 2. The van der Waals surface area contributed by atoms with E-state index in [9.17, 15) is 14.7 Å². The second-order valence-electron chi connectivity index (χ2n) is 8.82. The lowest BCUT2D eigenvalue weighted by Crippen LogP contribution is -2.51. The van der Waals surface area contributed by atoms with E-state index in [1.807, 2.05) is 9.80 Å². The zero-order valence-electron chi connectivity index (χ0n) is 17.6. The molecule has 6 heteroatoms. The number of nitrogens with zero attached hydrogens (tertiary/aromatic N) is 3. The minimum Gasteiger partial charge on any atom is -0.390 e. The van der Waals surface area contributed by atoms with Crippen molar-refractivity contribution in [3.63, 3.8) is 0 Å². The van der Waals surface area contributed by atoms with Gasteiger partial charge in [-0.1, -0.05) is 31.2 Å². The Bertz CT molecular complexity index is 772. The normalized spacial score (nSPS) is 25.9. The molecular formula is C23H33N3O3. The second kappa shape index (κ2) is 8.07. The van der Waals surface area contributed by atoms with E-state index in [1.165, 1.54) is 11.1 Å². The molecule has 2 heterocycles. The van der Waals surface area contributed by atoms with Crippen LogP contribution in [0.1, 0.15) is 56.2 Å². The number of piperidine rings is 1. The van der Waals surface area contributed by atoms with Crippen LogP contribution in [0.2, 0.25) is 0 Å². The quantitative estimate of drug-likeness (QED) is 0.822. The smallest absolute Gasteiger partial charge is 0.224 e. The van der Waals surface area contributed by atoms with Crippen LogP contribution in [-0.2, 0) is 15.0 Å². The molecule has 0 bridgehead atoms. The van der Waals surface area contributed by atoms with Crippen molar-refractivity contribution in [2.45, 2.75) is 56.6 Å². The highest BCUT2D eigenvalue weighted by Crippen LogP contribution is 2.52. The first kappa shape index (κ1) is 20.4. The van der Waals surface area contributed by atoms with Gasteiger partial charge in [-0.05, 0) is 44.0 Å². The molecule has 6 nitrogen and oxygen atoms in total. The monoisotopic (exact) mass is 399 g/mol. The fourth-order valence-electron chi connectivity index (χ4n) is 5.56. The van der Waals surface area contributed by atoms with Crippen molar-refractivity contribution in [3.05, 3.63) is 35.4 Å². The third-order valence-corrected chi connectivity index (χ3v) is 7.43. The molecule has 0 aromatic heterocycles. The van der Waals surface area contributed by atoms with Crippen molar-refractivity contribution in [1.29, 1.82) is 0 Å². The third-order valence-electron chi connectivity index (χ3n) is 7.43. The zero-order chi connectivity index (χ0) is 20.6. The highest BCUT2D eigenvalue weighted by Gasteiger charge is 2.53. The number of aliphatic hydroxyl groups excluding tert-OH is 1. The average Bonchev–Trinajstić information content (AvgIpc) is 3.26. The van der Waals surface area contributed by atoms with Crippen molar-refractivity contribution in [3.8, 4) is 0 Å². The molecule has 1 aromatic rings. The van der Waals surface area contributed by atoms with E-state index >= 15 is 0 Å². The molecule has 29 heavy (non-hydrogen) atoms. The standard InChI is InChI=1S/C23H33N3O3/c1-3-24(2)21-17-7-4-5-8-18(17)23(22(21)29)11-15-26(16-12-23)20(28)10-14-25-13-6-9-19(25)27/h4-5,7-8,21-22,29H,3,6,9-16H2,1-2H3/t21-,22+/m1/s1. The Hall–Kier alpha value is -1.92. The molecule has 1 aromatic carbocycles. The molecule has 2 atom stereocenters. The van der Waals surface area contributed by atoms with Crippen molar-refractivity contribution >= 4 is 11.8 Å². The number of aliphatic hydroxyl groups is 1. The second-order valence-corrected chi connectivity index (χ2v) is 8.82. The van der Waals surface area contributed by atoms with Gasteiger partial charge in [0.15, 0.2) is 0 Å². The van der Waals surface area contributed by atoms with Crippen LogP contribution >= 0.6 is 0 Å². The number of hydrogen-bond acceptors (Lipinski definition) is 4. The number of amides is 2. The van der Waals surface area contributed by atoms with Gasteiger partial charge in [-0.3, -0.25) is 14.5 Å². The fourth-order valence-corrected chi connectivity index (χ4v) is 5.56. The van der Waals surface area contributed by atoms with Crippen LogP contribution in [0.4, 0.5) is 0 Å². The molecule has 0 saturated carbocycles. The molecule has 0 unspecified atom stereocenters. The summed E-state index contributed by atoms with van der Waals surface area (Å²) >= 11 is 0. The topological polar surface area (TPSA) is 64.1 Å². The largest absolute Gasteiger partial charge is 0.390 e. The van der Waals surface area contributed by atoms with E-state index in [1.54, 1.807) is 0 Å². The van der Waals surface area contributed by atoms with Gasteiger partial charge in [-0.2, -0.15) is 0 Å². The summed E-state index contributed by atoms with van der Waals surface area (Å²) < 4.78 is 0. The number of likely N-dealkylation sites (N-methyl/N-ethyl adjacent to an activating group) is 1. The molecule has 1 N–H and O–H groups in total. The van der Waals surface area contributed by atoms with Gasteiger partial charge in [-0.15, -0.1) is 0 Å². The van der Waals surface area contributed by atoms with Crippen LogP contribution in [0.3, 0.4) is 0 Å². The first-order valence-electron chi connectivity index (χ1n) is 11.0. The molecule has 3 aliphatic rings. The van der Waals surface area contributed by atoms with Crippen LogP contribution in [0, 0.1) is 0 Å². The molecule has 2 fully saturated rings. The summed E-state index contributed by atoms with van der Waals surface area (Å²) in [4.78, 5) is 30.5. The lowest BCUT2D eigenvalue weighted by molar-refractivity contribution is -0.135. The number of fused-ring (bicyclic) bond motifs is 2. The molecule has 2 saturated heterocycles. The number of rotatable bonds is 5. The maximum atomic E-state index is 12.7. The van der Waals surface area contributed by atoms with E-state index < -0.39 is 6.10 Å². The van der Waals surface area contributed by atoms with Crippen molar-refractivity contribution in [2.24, 2.45) is 0 Å². The van der Waals surface area contributed by atoms with E-state index in [0.717, 1.165) is 32.4 Å². The summed E-state index contributed by atoms with van der Waals surface area (Å²) in [5, 5.41) is 11.4. The van der Waals surface area contributed by atoms with Crippen LogP contribution in [0.25, 0.3) is 0 Å². The van der Waals surface area contributed by atoms with E-state index in [0.29, 0.717) is 32.5 Å². The van der Waals surface area contributed by atoms with E-state index in [2.05, 4.69) is 43.1 Å². The summed E-state index contributed by atoms with van der Waals surface area (Å²) in [5.41, 5.74) is 2.22. The van der Waals surface area contributed by atoms with Crippen molar-refractivity contribution in [1.82, 2.24) is 14.7 Å². The number of carbonyl (C=O) groups excluding carboxylic acids is 2. The minimum absolute atomic E-state index is 0.0135. The Morgan fingerprint density at radius 3 is 2.62 bits per heavy atom. The maximum Gasteiger partial charge on any atom is 0.224 e. The van der Waals surface area contributed by atoms with Gasteiger partial charge in [0.2, 0.25) is 11.8 Å². The Kier molecular flexibility index (Phi) is 5.67. The summed E-state index contributed by atoms with van der Waals surface area (Å²) in [7, 11) is 2.07. The molecule has 158 valence electrons. The van der Waals surface area contributed by atoms with Gasteiger partial charge in [-0.25, -0.2) is 0 Å². The minimum atomic E-state index is -0.454. The Labute approximate surface area is 173 Å². The summed E-state index contributed by atoms with van der Waals surface area (Å²) in [6.07, 6.45) is 3.04. The van der Waals surface area contributed by atoms with E-state index in [4.69, 9.17) is 0 Å². The Morgan fingerprint density at radius 2 is 1.97 bits per heavy atom. The van der Waals surface area contributed by atoms with Crippen LogP contribution in [0.15, 0.2) is 24.3 Å². The molecular weight excluding hydrogens is 366 g/mol. The van der Waals surface area contributed by atoms with E-state index in [-0.39, 0.29) is 23.3 Å². The van der Waals surface area contributed by atoms with Gasteiger partial charge in [0.05, 0.1) is 12.1 Å². The van der Waals surface area contributed by atoms with Crippen LogP contribution in [-0.4, -0.2) is 77.5 Å². The van der Waals surface area contributed by atoms with Crippen LogP contribution in [0.5, 0.6) is 0 Å². The zero-order valence-corrected chi connectivity index (χ0v) is 17.6. The maximum absolute atomic E-state index is 12.7. The summed E-state index contributed by atoms with van der Waals surface area (Å²) in [6, 6.07) is 8.44. The van der Waals surface area contributed by atoms with Gasteiger partial charge in [0, 0.05) is 44.4 Å². The fraction of sp³-hybridized carbons (Fsp3) is 0.652. The molecule has 1 aliphatic carbocycles. The lowest BCUT2D eigenvalue weighted by atomic mass is 9.72. The summed E-state index contributed by atoms with van der Waals surface area (Å²) in [6.45, 7) is 5.65. The Balaban J connectivity index is 1.44. The van der Waals surface area contributed by atoms with Gasteiger partial charge in [0.25, 0.3) is 0 Å². The predicted molar refractivity (Wildman–Crippen MR) is 111 cm³/mol. The SMILES string of the molecule is CCN(C)[C@@H]1c2ccccc2C2(CCN(C(=O)CCN3CCCC3=O)CC2)[C@H]1O. The van der Waals surface area contributed by atoms with Crippen LogP contribution < -0.4 is 0 Å². The number of benzene rings is 1. The molecule has 1 spiro atoms. The van der Waals surface area contributed by atoms with Gasteiger partial charge in [0.1, 0.15) is 0 Å². The first-order chi connectivity index (χ1) is 14.0. The predicted octanol–water partition coefficient (Wildman–Crippen LogP) is 1.93. The first-order valence-corrected chi connectivity index (χ1v) is 11.0. The number of hydrogen-bond donors (Lipinski definition) is 1. The molecule has 2 aliphatic heterocycles. The molecule has 4 rings (SSSR count). The highest BCUT2D eigenvalue weighted by molar-refractivity contribution is 5.80. The van der Waals surface area contributed by atoms with Crippen molar-refractivity contribution < 1.29 is 14.7 Å². The third kappa shape index (κ3) is 3.46. The summed E-state index contributed by atoms with van der Waals surface area (Å²) in [5.74, 6) is 0.301. The highest BCUT2D eigenvalue weighted by atomic mass is 16.3. The average molecular weight is 400 g/mol. The Morgan fingerprint density at radius 1 is 1.24 bits per heavy atom. The van der Waals surface area contributed by atoms with Gasteiger partial charge < -0.3 is 14.9 Å². The molecule has 2 amide bonds. The van der Waals surface area contributed by atoms with Gasteiger partial charge >= 0.3 is 0 Å².